The maximum atomic E-state index is 12.4. The van der Waals surface area contributed by atoms with Crippen molar-refractivity contribution in [3.8, 4) is 11.5 Å². The molecule has 0 aliphatic heterocycles. The van der Waals surface area contributed by atoms with E-state index in [0.29, 0.717) is 0 Å². The number of ether oxygens (including phenoxy) is 1. The van der Waals surface area contributed by atoms with E-state index in [1.54, 1.807) is 0 Å². The second-order valence-corrected chi connectivity index (χ2v) is 6.22. The van der Waals surface area contributed by atoms with Gasteiger partial charge < -0.3 is 9.15 Å². The molecule has 0 amide bonds. The van der Waals surface area contributed by atoms with Crippen molar-refractivity contribution in [2.24, 2.45) is 0 Å². The number of aryl methyl sites for hydroxylation is 1. The number of rotatable bonds is 5. The van der Waals surface area contributed by atoms with Crippen molar-refractivity contribution in [2.45, 2.75) is 20.0 Å². The van der Waals surface area contributed by atoms with Crippen LogP contribution in [0.25, 0.3) is 11.5 Å². The highest BCUT2D eigenvalue weighted by Crippen LogP contribution is 2.27. The zero-order chi connectivity index (χ0) is 19.6. The third-order valence-electron chi connectivity index (χ3n) is 3.71. The number of benzene rings is 2. The smallest absolute Gasteiger partial charge is 0.345 e. The molecule has 0 radical (unpaired) electrons. The summed E-state index contributed by atoms with van der Waals surface area (Å²) in [6.45, 7) is 3.46. The van der Waals surface area contributed by atoms with Gasteiger partial charge in [-0.15, -0.1) is 10.2 Å². The Morgan fingerprint density at radius 1 is 1.26 bits per heavy atom. The highest BCUT2D eigenvalue weighted by atomic mass is 35.5. The molecule has 1 atom stereocenters. The average Bonchev–Trinajstić information content (AvgIpc) is 3.11. The predicted octanol–water partition coefficient (Wildman–Crippen LogP) is 4.52. The zero-order valence-corrected chi connectivity index (χ0v) is 15.1. The number of nitro benzene ring substituents is 1. The van der Waals surface area contributed by atoms with Gasteiger partial charge in [-0.05, 0) is 38.1 Å². The largest absolute Gasteiger partial charge is 0.449 e. The Kier molecular flexibility index (Phi) is 5.18. The van der Waals surface area contributed by atoms with E-state index >= 15 is 0 Å². The molecule has 0 spiro atoms. The fourth-order valence-corrected chi connectivity index (χ4v) is 2.57. The predicted molar refractivity (Wildman–Crippen MR) is 96.4 cm³/mol. The number of halogens is 1. The van der Waals surface area contributed by atoms with Crippen molar-refractivity contribution in [1.82, 2.24) is 10.2 Å². The molecule has 1 aromatic heterocycles. The van der Waals surface area contributed by atoms with Crippen molar-refractivity contribution in [1.29, 1.82) is 0 Å². The van der Waals surface area contributed by atoms with Crippen LogP contribution in [0.1, 0.15) is 34.8 Å². The van der Waals surface area contributed by atoms with Gasteiger partial charge in [0.15, 0.2) is 6.10 Å². The van der Waals surface area contributed by atoms with Crippen LogP contribution in [-0.2, 0) is 4.74 Å². The molecule has 138 valence electrons. The van der Waals surface area contributed by atoms with Crippen LogP contribution in [0.5, 0.6) is 0 Å². The summed E-state index contributed by atoms with van der Waals surface area (Å²) in [7, 11) is 0. The van der Waals surface area contributed by atoms with Gasteiger partial charge in [-0.1, -0.05) is 29.3 Å². The first-order valence-electron chi connectivity index (χ1n) is 7.90. The van der Waals surface area contributed by atoms with E-state index < -0.39 is 22.7 Å². The van der Waals surface area contributed by atoms with Gasteiger partial charge in [-0.2, -0.15) is 0 Å². The number of carbonyl (C=O) groups excluding carboxylic acids is 1. The quantitative estimate of drug-likeness (QED) is 0.359. The lowest BCUT2D eigenvalue weighted by atomic mass is 10.1. The molecular weight excluding hydrogens is 374 g/mol. The lowest BCUT2D eigenvalue weighted by Gasteiger charge is -2.09. The molecule has 0 N–H and O–H groups in total. The molecule has 0 fully saturated rings. The summed E-state index contributed by atoms with van der Waals surface area (Å²) in [5.41, 5.74) is 1.11. The monoisotopic (exact) mass is 387 g/mol. The second kappa shape index (κ2) is 7.55. The molecule has 1 heterocycles. The van der Waals surface area contributed by atoms with Crippen LogP contribution in [0.15, 0.2) is 46.9 Å². The molecule has 27 heavy (non-hydrogen) atoms. The fourth-order valence-electron chi connectivity index (χ4n) is 2.40. The van der Waals surface area contributed by atoms with E-state index in [0.717, 1.165) is 17.2 Å². The van der Waals surface area contributed by atoms with Crippen LogP contribution < -0.4 is 0 Å². The van der Waals surface area contributed by atoms with Crippen LogP contribution in [0.4, 0.5) is 5.69 Å². The van der Waals surface area contributed by atoms with E-state index in [2.05, 4.69) is 10.2 Å². The fraction of sp³-hybridized carbons (Fsp3) is 0.167. The van der Waals surface area contributed by atoms with E-state index in [-0.39, 0.29) is 22.4 Å². The zero-order valence-electron chi connectivity index (χ0n) is 14.4. The number of nitrogens with zero attached hydrogens (tertiary/aromatic N) is 3. The van der Waals surface area contributed by atoms with Crippen molar-refractivity contribution < 1.29 is 18.9 Å². The van der Waals surface area contributed by atoms with Crippen LogP contribution >= 0.6 is 11.6 Å². The standard InChI is InChI=1S/C18H14ClN3O5/c1-10-4-3-5-12(8-10)17-21-20-16(27-17)11(2)26-18(23)14-9-13(19)6-7-15(14)22(24)25/h3-9,11H,1-2H3. The lowest BCUT2D eigenvalue weighted by molar-refractivity contribution is -0.385. The minimum atomic E-state index is -0.910. The molecular formula is C18H14ClN3O5. The molecule has 9 heteroatoms. The normalized spacial score (nSPS) is 11.8. The van der Waals surface area contributed by atoms with Gasteiger partial charge in [0, 0.05) is 16.7 Å². The summed E-state index contributed by atoms with van der Waals surface area (Å²) in [6, 6.07) is 11.1. The van der Waals surface area contributed by atoms with Gasteiger partial charge in [0.1, 0.15) is 5.56 Å². The molecule has 2 aromatic carbocycles. The summed E-state index contributed by atoms with van der Waals surface area (Å²) in [6.07, 6.45) is -0.901. The lowest BCUT2D eigenvalue weighted by Crippen LogP contribution is -2.11. The molecule has 0 bridgehead atoms. The molecule has 0 aliphatic carbocycles. The van der Waals surface area contributed by atoms with Gasteiger partial charge in [-0.25, -0.2) is 4.79 Å². The number of hydrogen-bond acceptors (Lipinski definition) is 7. The summed E-state index contributed by atoms with van der Waals surface area (Å²) in [5, 5.41) is 19.1. The van der Waals surface area contributed by atoms with Gasteiger partial charge >= 0.3 is 5.97 Å². The Hall–Kier alpha value is -3.26. The maximum Gasteiger partial charge on any atom is 0.345 e. The molecule has 1 unspecified atom stereocenters. The SMILES string of the molecule is Cc1cccc(-c2nnc(C(C)OC(=O)c3cc(Cl)ccc3[N+](=O)[O-])o2)c1. The second-order valence-electron chi connectivity index (χ2n) is 5.78. The number of esters is 1. The third-order valence-corrected chi connectivity index (χ3v) is 3.95. The highest BCUT2D eigenvalue weighted by molar-refractivity contribution is 6.31. The summed E-state index contributed by atoms with van der Waals surface area (Å²) in [5.74, 6) is -0.554. The van der Waals surface area contributed by atoms with Crippen molar-refractivity contribution >= 4 is 23.3 Å². The van der Waals surface area contributed by atoms with E-state index in [9.17, 15) is 14.9 Å². The van der Waals surface area contributed by atoms with Crippen molar-refractivity contribution in [3.05, 3.63) is 74.6 Å². The van der Waals surface area contributed by atoms with Crippen LogP contribution in [-0.4, -0.2) is 21.1 Å². The Bertz CT molecular complexity index is 1020. The first-order valence-corrected chi connectivity index (χ1v) is 8.28. The summed E-state index contributed by atoms with van der Waals surface area (Å²) >= 11 is 5.83. The van der Waals surface area contributed by atoms with Gasteiger partial charge in [0.2, 0.25) is 5.89 Å². The van der Waals surface area contributed by atoms with Crippen molar-refractivity contribution in [2.75, 3.05) is 0 Å². The number of hydrogen-bond donors (Lipinski definition) is 0. The average molecular weight is 388 g/mol. The molecule has 0 saturated carbocycles. The van der Waals surface area contributed by atoms with Crippen LogP contribution in [0.2, 0.25) is 5.02 Å². The van der Waals surface area contributed by atoms with Crippen LogP contribution in [0, 0.1) is 17.0 Å². The van der Waals surface area contributed by atoms with Crippen molar-refractivity contribution in [3.63, 3.8) is 0 Å². The Labute approximate surface area is 158 Å². The van der Waals surface area contributed by atoms with Gasteiger partial charge in [-0.3, -0.25) is 10.1 Å². The minimum absolute atomic E-state index is 0.0736. The van der Waals surface area contributed by atoms with Crippen LogP contribution in [0.3, 0.4) is 0 Å². The van der Waals surface area contributed by atoms with Gasteiger partial charge in [0.05, 0.1) is 4.92 Å². The molecule has 0 aliphatic rings. The molecule has 3 rings (SSSR count). The van der Waals surface area contributed by atoms with E-state index in [1.807, 2.05) is 31.2 Å². The topological polar surface area (TPSA) is 108 Å². The Morgan fingerprint density at radius 2 is 2.04 bits per heavy atom. The summed E-state index contributed by atoms with van der Waals surface area (Å²) < 4.78 is 10.8. The first kappa shape index (κ1) is 18.5. The van der Waals surface area contributed by atoms with E-state index in [4.69, 9.17) is 20.8 Å². The Morgan fingerprint density at radius 3 is 2.74 bits per heavy atom. The highest BCUT2D eigenvalue weighted by Gasteiger charge is 2.26. The number of aromatic nitrogens is 2. The van der Waals surface area contributed by atoms with Gasteiger partial charge in [0.25, 0.3) is 11.6 Å². The minimum Gasteiger partial charge on any atom is -0.449 e. The molecule has 8 nitrogen and oxygen atoms in total. The number of carbonyl (C=O) groups is 1. The Balaban J connectivity index is 1.80. The maximum absolute atomic E-state index is 12.4. The molecule has 3 aromatic rings. The number of nitro groups is 1. The third kappa shape index (κ3) is 4.12. The van der Waals surface area contributed by atoms with E-state index in [1.165, 1.54) is 19.1 Å². The summed E-state index contributed by atoms with van der Waals surface area (Å²) in [4.78, 5) is 22.8. The first-order chi connectivity index (χ1) is 12.8. The molecule has 0 saturated heterocycles.